The molecule has 4 aromatic rings. The molecule has 1 heterocycles. The zero-order valence-corrected chi connectivity index (χ0v) is 19.8. The van der Waals surface area contributed by atoms with E-state index >= 15 is 0 Å². The van der Waals surface area contributed by atoms with Gasteiger partial charge in [-0.25, -0.2) is 13.1 Å². The van der Waals surface area contributed by atoms with Crippen molar-refractivity contribution in [3.63, 3.8) is 0 Å². The quantitative estimate of drug-likeness (QED) is 0.407. The van der Waals surface area contributed by atoms with Gasteiger partial charge in [0.1, 0.15) is 0 Å². The van der Waals surface area contributed by atoms with Crippen LogP contribution >= 0.6 is 0 Å². The van der Waals surface area contributed by atoms with Gasteiger partial charge in [-0.1, -0.05) is 66.7 Å². The number of nitrogens with one attached hydrogen (secondary N) is 2. The van der Waals surface area contributed by atoms with Crippen LogP contribution in [0.2, 0.25) is 0 Å². The predicted molar refractivity (Wildman–Crippen MR) is 132 cm³/mol. The Hall–Kier alpha value is -3.75. The van der Waals surface area contributed by atoms with Crippen molar-refractivity contribution in [2.24, 2.45) is 0 Å². The topological polar surface area (TPSA) is 93.1 Å². The van der Waals surface area contributed by atoms with Crippen molar-refractivity contribution < 1.29 is 13.2 Å². The predicted octanol–water partition coefficient (Wildman–Crippen LogP) is 3.74. The van der Waals surface area contributed by atoms with Gasteiger partial charge in [-0.2, -0.15) is 5.10 Å². The van der Waals surface area contributed by atoms with Crippen molar-refractivity contribution in [3.05, 3.63) is 107 Å². The van der Waals surface area contributed by atoms with Crippen LogP contribution in [-0.2, 0) is 23.1 Å². The van der Waals surface area contributed by atoms with Crippen molar-refractivity contribution in [2.75, 3.05) is 7.05 Å². The third-order valence-corrected chi connectivity index (χ3v) is 6.96. The molecule has 3 aromatic carbocycles. The molecule has 1 amide bonds. The highest BCUT2D eigenvalue weighted by Gasteiger charge is 2.18. The number of aryl methyl sites for hydroxylation is 1. The van der Waals surface area contributed by atoms with Gasteiger partial charge < -0.3 is 5.32 Å². The van der Waals surface area contributed by atoms with Crippen LogP contribution in [0.5, 0.6) is 0 Å². The fraction of sp³-hybridized carbons (Fsp3) is 0.154. The maximum Gasteiger partial charge on any atom is 0.251 e. The summed E-state index contributed by atoms with van der Waals surface area (Å²) in [7, 11) is -2.31. The van der Waals surface area contributed by atoms with Gasteiger partial charge in [-0.15, -0.1) is 0 Å². The molecule has 7 nitrogen and oxygen atoms in total. The Morgan fingerprint density at radius 3 is 2.32 bits per heavy atom. The second kappa shape index (κ2) is 10.0. The number of amides is 1. The minimum atomic E-state index is -3.65. The minimum Gasteiger partial charge on any atom is -0.348 e. The lowest BCUT2D eigenvalue weighted by atomic mass is 10.1. The molecule has 0 radical (unpaired) electrons. The Labute approximate surface area is 199 Å². The van der Waals surface area contributed by atoms with Crippen LogP contribution in [0.4, 0.5) is 0 Å². The molecule has 0 saturated heterocycles. The Morgan fingerprint density at radius 1 is 0.971 bits per heavy atom. The summed E-state index contributed by atoms with van der Waals surface area (Å²) in [5, 5.41) is 7.71. The van der Waals surface area contributed by atoms with Crippen LogP contribution in [0.1, 0.15) is 27.0 Å². The number of rotatable bonds is 8. The highest BCUT2D eigenvalue weighted by Crippen LogP contribution is 2.23. The molecule has 0 aliphatic carbocycles. The first kappa shape index (κ1) is 23.4. The third kappa shape index (κ3) is 5.24. The molecule has 0 aliphatic heterocycles. The summed E-state index contributed by atoms with van der Waals surface area (Å²) in [6, 6.07) is 24.4. The molecule has 1 aromatic heterocycles. The molecule has 0 bridgehead atoms. The van der Waals surface area contributed by atoms with E-state index in [1.54, 1.807) is 13.0 Å². The van der Waals surface area contributed by atoms with Crippen LogP contribution < -0.4 is 10.0 Å². The smallest absolute Gasteiger partial charge is 0.251 e. The molecule has 0 spiro atoms. The molecule has 34 heavy (non-hydrogen) atoms. The van der Waals surface area contributed by atoms with E-state index in [0.717, 1.165) is 22.4 Å². The number of hydrogen-bond acceptors (Lipinski definition) is 4. The lowest BCUT2D eigenvalue weighted by Gasteiger charge is -2.10. The maximum atomic E-state index is 13.0. The van der Waals surface area contributed by atoms with Gasteiger partial charge in [0, 0.05) is 29.4 Å². The van der Waals surface area contributed by atoms with E-state index in [9.17, 15) is 13.2 Å². The van der Waals surface area contributed by atoms with Gasteiger partial charge in [0.2, 0.25) is 10.0 Å². The first-order valence-electron chi connectivity index (χ1n) is 10.9. The minimum absolute atomic E-state index is 0.0476. The van der Waals surface area contributed by atoms with Gasteiger partial charge >= 0.3 is 0 Å². The van der Waals surface area contributed by atoms with Gasteiger partial charge in [-0.3, -0.25) is 9.48 Å². The second-order valence-electron chi connectivity index (χ2n) is 7.92. The summed E-state index contributed by atoms with van der Waals surface area (Å²) in [6.07, 6.45) is 1.93. The normalized spacial score (nSPS) is 11.4. The first-order valence-corrected chi connectivity index (χ1v) is 12.3. The van der Waals surface area contributed by atoms with Crippen molar-refractivity contribution in [3.8, 4) is 11.3 Å². The number of nitrogens with zero attached hydrogens (tertiary/aromatic N) is 2. The molecule has 0 aliphatic rings. The molecular weight excluding hydrogens is 448 g/mol. The number of aromatic nitrogens is 2. The third-order valence-electron chi connectivity index (χ3n) is 5.54. The summed E-state index contributed by atoms with van der Waals surface area (Å²) < 4.78 is 28.5. The maximum absolute atomic E-state index is 13.0. The molecule has 4 rings (SSSR count). The molecule has 0 atom stereocenters. The number of carbonyl (C=O) groups excluding carboxylic acids is 1. The summed E-state index contributed by atoms with van der Waals surface area (Å²) >= 11 is 0. The van der Waals surface area contributed by atoms with Crippen LogP contribution in [0.25, 0.3) is 11.3 Å². The zero-order valence-electron chi connectivity index (χ0n) is 19.0. The Bertz CT molecular complexity index is 1400. The molecule has 0 unspecified atom stereocenters. The lowest BCUT2D eigenvalue weighted by Crippen LogP contribution is -2.25. The zero-order chi connectivity index (χ0) is 24.1. The number of sulfonamides is 1. The van der Waals surface area contributed by atoms with Gasteiger partial charge in [0.15, 0.2) is 0 Å². The number of benzene rings is 3. The van der Waals surface area contributed by atoms with E-state index in [4.69, 9.17) is 5.10 Å². The summed E-state index contributed by atoms with van der Waals surface area (Å²) in [5.41, 5.74) is 4.74. The molecule has 8 heteroatoms. The van der Waals surface area contributed by atoms with Crippen molar-refractivity contribution in [2.45, 2.75) is 24.9 Å². The monoisotopic (exact) mass is 474 g/mol. The highest BCUT2D eigenvalue weighted by molar-refractivity contribution is 7.89. The molecule has 0 saturated carbocycles. The fourth-order valence-electron chi connectivity index (χ4n) is 3.68. The van der Waals surface area contributed by atoms with Gasteiger partial charge in [-0.05, 0) is 37.2 Å². The van der Waals surface area contributed by atoms with Crippen molar-refractivity contribution in [1.29, 1.82) is 0 Å². The first-order chi connectivity index (χ1) is 16.4. The fourth-order valence-corrected chi connectivity index (χ4v) is 4.44. The van der Waals surface area contributed by atoms with E-state index in [2.05, 4.69) is 10.0 Å². The standard InChI is InChI=1S/C26H26N4O3S/c1-19-13-14-23(34(32,33)27-2)15-24(19)26(31)28-16-22-18-30(17-20-9-5-3-6-10-20)29-25(22)21-11-7-4-8-12-21/h3-15,18,27H,16-17H2,1-2H3,(H,28,31). The Morgan fingerprint density at radius 2 is 1.65 bits per heavy atom. The average Bonchev–Trinajstić information content (AvgIpc) is 3.26. The molecule has 2 N–H and O–H groups in total. The van der Waals surface area contributed by atoms with E-state index < -0.39 is 10.0 Å². The largest absolute Gasteiger partial charge is 0.348 e. The van der Waals surface area contributed by atoms with E-state index in [1.807, 2.05) is 71.5 Å². The SMILES string of the molecule is CNS(=O)(=O)c1ccc(C)c(C(=O)NCc2cn(Cc3ccccc3)nc2-c2ccccc2)c1. The van der Waals surface area contributed by atoms with Crippen LogP contribution in [-0.4, -0.2) is 31.2 Å². The van der Waals surface area contributed by atoms with Crippen molar-refractivity contribution in [1.82, 2.24) is 19.8 Å². The summed E-state index contributed by atoms with van der Waals surface area (Å²) in [4.78, 5) is 13.0. The molecule has 0 fully saturated rings. The van der Waals surface area contributed by atoms with Crippen molar-refractivity contribution >= 4 is 15.9 Å². The summed E-state index contributed by atoms with van der Waals surface area (Å²) in [5.74, 6) is -0.347. The molecular formula is C26H26N4O3S. The van der Waals surface area contributed by atoms with Gasteiger partial charge in [0.05, 0.1) is 17.1 Å². The number of hydrogen-bond donors (Lipinski definition) is 2. The second-order valence-corrected chi connectivity index (χ2v) is 9.81. The molecule has 174 valence electrons. The van der Waals surface area contributed by atoms with Crippen LogP contribution in [0.15, 0.2) is 90.0 Å². The van der Waals surface area contributed by atoms with E-state index in [0.29, 0.717) is 17.7 Å². The lowest BCUT2D eigenvalue weighted by molar-refractivity contribution is 0.0950. The van der Waals surface area contributed by atoms with E-state index in [1.165, 1.54) is 19.2 Å². The Kier molecular flexibility index (Phi) is 6.90. The van der Waals surface area contributed by atoms with Crippen LogP contribution in [0, 0.1) is 6.92 Å². The average molecular weight is 475 g/mol. The summed E-state index contributed by atoms with van der Waals surface area (Å²) in [6.45, 7) is 2.63. The Balaban J connectivity index is 1.60. The highest BCUT2D eigenvalue weighted by atomic mass is 32.2. The van der Waals surface area contributed by atoms with E-state index in [-0.39, 0.29) is 17.3 Å². The van der Waals surface area contributed by atoms with Crippen LogP contribution in [0.3, 0.4) is 0 Å². The van der Waals surface area contributed by atoms with Gasteiger partial charge in [0.25, 0.3) is 5.91 Å². The number of carbonyl (C=O) groups is 1.